The van der Waals surface area contributed by atoms with E-state index < -0.39 is 0 Å². The first-order valence-corrected chi connectivity index (χ1v) is 7.16. The van der Waals surface area contributed by atoms with Crippen LogP contribution in [-0.4, -0.2) is 9.97 Å². The summed E-state index contributed by atoms with van der Waals surface area (Å²) < 4.78 is 0. The maximum atomic E-state index is 4.01. The Morgan fingerprint density at radius 2 is 0.682 bits per heavy atom. The first kappa shape index (κ1) is 14.0. The van der Waals surface area contributed by atoms with Crippen molar-refractivity contribution in [1.29, 1.82) is 0 Å². The summed E-state index contributed by atoms with van der Waals surface area (Å²) in [4.78, 5) is 8.02. The molecule has 0 aliphatic rings. The number of hydrogen-bond donors (Lipinski definition) is 0. The fourth-order valence-electron chi connectivity index (χ4n) is 2.05. The molecule has 0 radical (unpaired) electrons. The summed E-state index contributed by atoms with van der Waals surface area (Å²) >= 11 is 0. The van der Waals surface area contributed by atoms with Crippen molar-refractivity contribution in [3.8, 4) is 0 Å². The molecular weight excluding hydrogens is 268 g/mol. The molecule has 0 bridgehead atoms. The highest BCUT2D eigenvalue weighted by Crippen LogP contribution is 2.12. The van der Waals surface area contributed by atoms with Gasteiger partial charge >= 0.3 is 0 Å². The molecule has 0 fully saturated rings. The third kappa shape index (κ3) is 4.00. The predicted molar refractivity (Wildman–Crippen MR) is 92.8 cm³/mol. The molecule has 0 aliphatic heterocycles. The van der Waals surface area contributed by atoms with Gasteiger partial charge in [0.2, 0.25) is 0 Å². The van der Waals surface area contributed by atoms with Crippen LogP contribution in [0.1, 0.15) is 22.3 Å². The molecule has 0 unspecified atom stereocenters. The number of hydrogen-bond acceptors (Lipinski definition) is 2. The van der Waals surface area contributed by atoms with Gasteiger partial charge < -0.3 is 0 Å². The highest BCUT2D eigenvalue weighted by Gasteiger charge is 1.90. The van der Waals surface area contributed by atoms with Crippen LogP contribution in [0.4, 0.5) is 0 Å². The van der Waals surface area contributed by atoms with E-state index in [9.17, 15) is 0 Å². The second kappa shape index (κ2) is 7.14. The molecule has 0 saturated carbocycles. The molecule has 22 heavy (non-hydrogen) atoms. The van der Waals surface area contributed by atoms with Crippen molar-refractivity contribution in [3.05, 3.63) is 95.6 Å². The van der Waals surface area contributed by atoms with Gasteiger partial charge in [-0.15, -0.1) is 0 Å². The van der Waals surface area contributed by atoms with Gasteiger partial charge in [0.1, 0.15) is 0 Å². The van der Waals surface area contributed by atoms with Crippen LogP contribution in [0.5, 0.6) is 0 Å². The van der Waals surface area contributed by atoms with Gasteiger partial charge in [0, 0.05) is 24.8 Å². The van der Waals surface area contributed by atoms with Gasteiger partial charge in [-0.05, 0) is 46.5 Å². The first-order valence-electron chi connectivity index (χ1n) is 7.16. The maximum absolute atomic E-state index is 4.01. The molecule has 0 saturated heterocycles. The minimum absolute atomic E-state index is 1.15. The molecule has 0 aliphatic carbocycles. The van der Waals surface area contributed by atoms with Crippen LogP contribution in [-0.2, 0) is 0 Å². The van der Waals surface area contributed by atoms with Crippen LogP contribution in [0.15, 0.2) is 73.3 Å². The van der Waals surface area contributed by atoms with Crippen molar-refractivity contribution in [2.45, 2.75) is 0 Å². The van der Waals surface area contributed by atoms with Crippen LogP contribution >= 0.6 is 0 Å². The summed E-state index contributed by atoms with van der Waals surface area (Å²) in [6.45, 7) is 0. The van der Waals surface area contributed by atoms with Crippen molar-refractivity contribution >= 4 is 24.3 Å². The summed E-state index contributed by atoms with van der Waals surface area (Å²) in [5, 5.41) is 0. The number of rotatable bonds is 4. The van der Waals surface area contributed by atoms with E-state index in [2.05, 4.69) is 58.5 Å². The lowest BCUT2D eigenvalue weighted by Crippen LogP contribution is -1.76. The Hall–Kier alpha value is -3.00. The number of aromatic nitrogens is 2. The highest BCUT2D eigenvalue weighted by atomic mass is 14.6. The zero-order valence-corrected chi connectivity index (χ0v) is 12.1. The summed E-state index contributed by atoms with van der Waals surface area (Å²) in [5.74, 6) is 0. The third-order valence-corrected chi connectivity index (χ3v) is 3.29. The first-order chi connectivity index (χ1) is 10.9. The molecule has 0 N–H and O–H groups in total. The van der Waals surface area contributed by atoms with E-state index in [4.69, 9.17) is 0 Å². The summed E-state index contributed by atoms with van der Waals surface area (Å²) in [6, 6.07) is 16.4. The monoisotopic (exact) mass is 284 g/mol. The van der Waals surface area contributed by atoms with E-state index in [-0.39, 0.29) is 0 Å². The maximum Gasteiger partial charge on any atom is 0.0273 e. The average molecular weight is 284 g/mol. The highest BCUT2D eigenvalue weighted by molar-refractivity contribution is 5.72. The second-order valence-corrected chi connectivity index (χ2v) is 4.89. The smallest absolute Gasteiger partial charge is 0.0273 e. The molecule has 1 aromatic carbocycles. The molecule has 2 nitrogen and oxygen atoms in total. The Bertz CT molecular complexity index is 689. The van der Waals surface area contributed by atoms with E-state index in [0.29, 0.717) is 0 Å². The topological polar surface area (TPSA) is 25.8 Å². The number of nitrogens with zero attached hydrogens (tertiary/aromatic N) is 2. The van der Waals surface area contributed by atoms with Gasteiger partial charge in [-0.1, -0.05) is 48.6 Å². The van der Waals surface area contributed by atoms with Crippen LogP contribution in [0.3, 0.4) is 0 Å². The van der Waals surface area contributed by atoms with E-state index >= 15 is 0 Å². The molecule has 2 heterocycles. The lowest BCUT2D eigenvalue weighted by atomic mass is 10.1. The summed E-state index contributed by atoms with van der Waals surface area (Å²) in [7, 11) is 0. The molecular formula is C20H16N2. The van der Waals surface area contributed by atoms with Crippen molar-refractivity contribution in [2.75, 3.05) is 0 Å². The summed E-state index contributed by atoms with van der Waals surface area (Å²) in [5.41, 5.74) is 4.66. The predicted octanol–water partition coefficient (Wildman–Crippen LogP) is 4.82. The average Bonchev–Trinajstić information content (AvgIpc) is 2.61. The van der Waals surface area contributed by atoms with E-state index in [0.717, 1.165) is 11.1 Å². The Labute approximate surface area is 130 Å². The minimum atomic E-state index is 1.15. The number of pyridine rings is 2. The van der Waals surface area contributed by atoms with E-state index in [1.54, 1.807) is 24.8 Å². The van der Waals surface area contributed by atoms with Gasteiger partial charge in [-0.3, -0.25) is 9.97 Å². The lowest BCUT2D eigenvalue weighted by Gasteiger charge is -1.97. The standard InChI is InChI=1S/C20H16N2/c1-2-18(6-8-20-11-15-22-16-12-20)4-3-17(1)5-7-19-9-13-21-14-10-19/h1-16H. The van der Waals surface area contributed by atoms with Crippen LogP contribution in [0.25, 0.3) is 24.3 Å². The van der Waals surface area contributed by atoms with Gasteiger partial charge in [0.15, 0.2) is 0 Å². The van der Waals surface area contributed by atoms with E-state index in [1.807, 2.05) is 24.3 Å². The SMILES string of the molecule is C(=Cc1ccc(C=Cc2ccncc2)cc1)c1ccncc1. The Morgan fingerprint density at radius 1 is 0.409 bits per heavy atom. The van der Waals surface area contributed by atoms with E-state index in [1.165, 1.54) is 11.1 Å². The fourth-order valence-corrected chi connectivity index (χ4v) is 2.05. The zero-order valence-electron chi connectivity index (χ0n) is 12.1. The van der Waals surface area contributed by atoms with Crippen molar-refractivity contribution in [1.82, 2.24) is 9.97 Å². The van der Waals surface area contributed by atoms with Gasteiger partial charge in [-0.2, -0.15) is 0 Å². The number of benzene rings is 1. The Kier molecular flexibility index (Phi) is 4.53. The summed E-state index contributed by atoms with van der Waals surface area (Å²) in [6.07, 6.45) is 15.6. The second-order valence-electron chi connectivity index (χ2n) is 4.89. The Morgan fingerprint density at radius 3 is 1.00 bits per heavy atom. The van der Waals surface area contributed by atoms with Gasteiger partial charge in [0.25, 0.3) is 0 Å². The fraction of sp³-hybridized carbons (Fsp3) is 0. The third-order valence-electron chi connectivity index (χ3n) is 3.29. The lowest BCUT2D eigenvalue weighted by molar-refractivity contribution is 1.32. The van der Waals surface area contributed by atoms with Crippen molar-refractivity contribution in [2.24, 2.45) is 0 Å². The van der Waals surface area contributed by atoms with Crippen LogP contribution < -0.4 is 0 Å². The molecule has 2 aromatic heterocycles. The van der Waals surface area contributed by atoms with Crippen molar-refractivity contribution < 1.29 is 0 Å². The molecule has 2 heteroatoms. The van der Waals surface area contributed by atoms with Crippen LogP contribution in [0, 0.1) is 0 Å². The molecule has 0 atom stereocenters. The quantitative estimate of drug-likeness (QED) is 0.686. The zero-order chi connectivity index (χ0) is 15.0. The van der Waals surface area contributed by atoms with Gasteiger partial charge in [0.05, 0.1) is 0 Å². The Balaban J connectivity index is 1.68. The molecule has 106 valence electrons. The molecule has 3 rings (SSSR count). The molecule has 3 aromatic rings. The molecule has 0 amide bonds. The van der Waals surface area contributed by atoms with Crippen molar-refractivity contribution in [3.63, 3.8) is 0 Å². The van der Waals surface area contributed by atoms with Crippen LogP contribution in [0.2, 0.25) is 0 Å². The normalized spacial score (nSPS) is 11.3. The van der Waals surface area contributed by atoms with Gasteiger partial charge in [-0.25, -0.2) is 0 Å². The minimum Gasteiger partial charge on any atom is -0.265 e. The largest absolute Gasteiger partial charge is 0.265 e. The molecule has 0 spiro atoms.